The molecule has 0 aromatic carbocycles. The first-order valence-corrected chi connectivity index (χ1v) is 9.38. The van der Waals surface area contributed by atoms with Crippen LogP contribution in [0.5, 0.6) is 0 Å². The average Bonchev–Trinajstić information content (AvgIpc) is 2.39. The molecule has 19 heavy (non-hydrogen) atoms. The molecule has 0 amide bonds. The van der Waals surface area contributed by atoms with Crippen molar-refractivity contribution in [1.82, 2.24) is 9.62 Å². The quantitative estimate of drug-likeness (QED) is 0.746. The molecule has 1 atom stereocenters. The summed E-state index contributed by atoms with van der Waals surface area (Å²) in [4.78, 5) is 0. The van der Waals surface area contributed by atoms with E-state index in [9.17, 15) is 8.42 Å². The van der Waals surface area contributed by atoms with Crippen LogP contribution in [0, 0.1) is 0 Å². The van der Waals surface area contributed by atoms with Gasteiger partial charge in [0.1, 0.15) is 0 Å². The molecule has 0 spiro atoms. The third-order valence-electron chi connectivity index (χ3n) is 3.91. The van der Waals surface area contributed by atoms with E-state index in [1.54, 1.807) is 4.31 Å². The lowest BCUT2D eigenvalue weighted by atomic mass is 10.0. The first-order valence-electron chi connectivity index (χ1n) is 7.77. The number of nitrogens with zero attached hydrogens (tertiary/aromatic N) is 1. The summed E-state index contributed by atoms with van der Waals surface area (Å²) in [6.07, 6.45) is 6.17. The Labute approximate surface area is 119 Å². The van der Waals surface area contributed by atoms with E-state index >= 15 is 0 Å². The molecule has 0 aliphatic carbocycles. The van der Waals surface area contributed by atoms with Crippen molar-refractivity contribution in [2.24, 2.45) is 0 Å². The van der Waals surface area contributed by atoms with Gasteiger partial charge in [-0.05, 0) is 32.1 Å². The maximum absolute atomic E-state index is 12.0. The van der Waals surface area contributed by atoms with Crippen molar-refractivity contribution in [2.75, 3.05) is 18.8 Å². The van der Waals surface area contributed by atoms with Gasteiger partial charge in [-0.15, -0.1) is 0 Å². The monoisotopic (exact) mass is 290 g/mol. The van der Waals surface area contributed by atoms with Crippen LogP contribution in [-0.2, 0) is 10.0 Å². The molecular formula is C14H30N2O2S. The Balaban J connectivity index is 2.40. The van der Waals surface area contributed by atoms with Crippen LogP contribution in [0.3, 0.4) is 0 Å². The second-order valence-corrected chi connectivity index (χ2v) is 7.64. The van der Waals surface area contributed by atoms with E-state index in [1.165, 1.54) is 12.8 Å². The van der Waals surface area contributed by atoms with Crippen LogP contribution in [0.15, 0.2) is 0 Å². The van der Waals surface area contributed by atoms with Gasteiger partial charge in [-0.2, -0.15) is 0 Å². The van der Waals surface area contributed by atoms with E-state index in [0.717, 1.165) is 19.3 Å². The Bertz CT molecular complexity index is 335. The molecule has 1 unspecified atom stereocenters. The predicted molar refractivity (Wildman–Crippen MR) is 80.8 cm³/mol. The van der Waals surface area contributed by atoms with E-state index in [1.807, 2.05) is 6.92 Å². The van der Waals surface area contributed by atoms with Crippen molar-refractivity contribution in [3.63, 3.8) is 0 Å². The molecule has 0 radical (unpaired) electrons. The summed E-state index contributed by atoms with van der Waals surface area (Å²) in [5.41, 5.74) is 0. The second kappa shape index (κ2) is 8.22. The fourth-order valence-corrected chi connectivity index (χ4v) is 4.32. The van der Waals surface area contributed by atoms with Crippen LogP contribution >= 0.6 is 0 Å². The lowest BCUT2D eigenvalue weighted by Gasteiger charge is -2.33. The number of hydrogen-bond acceptors (Lipinski definition) is 3. The van der Waals surface area contributed by atoms with E-state index < -0.39 is 10.0 Å². The highest BCUT2D eigenvalue weighted by molar-refractivity contribution is 7.89. The molecule has 1 heterocycles. The molecule has 0 aromatic rings. The minimum absolute atomic E-state index is 0.290. The maximum Gasteiger partial charge on any atom is 0.214 e. The van der Waals surface area contributed by atoms with Crippen LogP contribution < -0.4 is 5.32 Å². The van der Waals surface area contributed by atoms with E-state index in [-0.39, 0.29) is 0 Å². The van der Waals surface area contributed by atoms with Gasteiger partial charge in [0, 0.05) is 25.2 Å². The zero-order chi connectivity index (χ0) is 14.3. The van der Waals surface area contributed by atoms with Crippen LogP contribution in [0.25, 0.3) is 0 Å². The Morgan fingerprint density at radius 1 is 1.16 bits per heavy atom. The molecule has 1 aliphatic heterocycles. The number of piperidine rings is 1. The molecule has 1 rings (SSSR count). The SMILES string of the molecule is CCCC(CC)NC1CCN(S(=O)(=O)CCC)CC1. The van der Waals surface area contributed by atoms with Gasteiger partial charge < -0.3 is 5.32 Å². The minimum Gasteiger partial charge on any atom is -0.311 e. The molecule has 0 saturated carbocycles. The van der Waals surface area contributed by atoms with Crippen molar-refractivity contribution in [2.45, 2.75) is 71.4 Å². The number of rotatable bonds is 8. The molecule has 0 aromatic heterocycles. The molecule has 1 N–H and O–H groups in total. The standard InChI is InChI=1S/C14H30N2O2S/c1-4-7-13(6-3)15-14-8-10-16(11-9-14)19(17,18)12-5-2/h13-15H,4-12H2,1-3H3. The second-order valence-electron chi connectivity index (χ2n) is 5.55. The Hall–Kier alpha value is -0.130. The molecular weight excluding hydrogens is 260 g/mol. The normalized spacial score (nSPS) is 20.6. The van der Waals surface area contributed by atoms with Crippen molar-refractivity contribution < 1.29 is 8.42 Å². The van der Waals surface area contributed by atoms with Gasteiger partial charge in [0.2, 0.25) is 10.0 Å². The number of nitrogens with one attached hydrogen (secondary N) is 1. The van der Waals surface area contributed by atoms with Gasteiger partial charge in [0.15, 0.2) is 0 Å². The molecule has 114 valence electrons. The highest BCUT2D eigenvalue weighted by atomic mass is 32.2. The van der Waals surface area contributed by atoms with Crippen molar-refractivity contribution in [3.8, 4) is 0 Å². The summed E-state index contributed by atoms with van der Waals surface area (Å²) >= 11 is 0. The Kier molecular flexibility index (Phi) is 7.32. The summed E-state index contributed by atoms with van der Waals surface area (Å²) in [5.74, 6) is 0.290. The molecule has 1 saturated heterocycles. The number of hydrogen-bond donors (Lipinski definition) is 1. The summed E-state index contributed by atoms with van der Waals surface area (Å²) < 4.78 is 25.6. The lowest BCUT2D eigenvalue weighted by Crippen LogP contribution is -2.48. The zero-order valence-corrected chi connectivity index (χ0v) is 13.5. The first-order chi connectivity index (χ1) is 9.03. The van der Waals surface area contributed by atoms with Gasteiger partial charge in [0.25, 0.3) is 0 Å². The Morgan fingerprint density at radius 2 is 1.79 bits per heavy atom. The van der Waals surface area contributed by atoms with Crippen LogP contribution in [0.4, 0.5) is 0 Å². The predicted octanol–water partition coefficient (Wildman–Crippen LogP) is 2.36. The highest BCUT2D eigenvalue weighted by Gasteiger charge is 2.27. The van der Waals surface area contributed by atoms with E-state index in [2.05, 4.69) is 19.2 Å². The van der Waals surface area contributed by atoms with Gasteiger partial charge in [-0.25, -0.2) is 12.7 Å². The largest absolute Gasteiger partial charge is 0.311 e. The van der Waals surface area contributed by atoms with Gasteiger partial charge in [0.05, 0.1) is 5.75 Å². The van der Waals surface area contributed by atoms with E-state index in [4.69, 9.17) is 0 Å². The van der Waals surface area contributed by atoms with Crippen molar-refractivity contribution >= 4 is 10.0 Å². The fourth-order valence-electron chi connectivity index (χ4n) is 2.77. The Morgan fingerprint density at radius 3 is 2.26 bits per heavy atom. The topological polar surface area (TPSA) is 49.4 Å². The molecule has 0 bridgehead atoms. The minimum atomic E-state index is -3.00. The summed E-state index contributed by atoms with van der Waals surface area (Å²) in [6.45, 7) is 7.71. The van der Waals surface area contributed by atoms with Crippen LogP contribution in [-0.4, -0.2) is 43.6 Å². The summed E-state index contributed by atoms with van der Waals surface area (Å²) in [5, 5.41) is 3.69. The van der Waals surface area contributed by atoms with Crippen molar-refractivity contribution in [3.05, 3.63) is 0 Å². The first kappa shape index (κ1) is 16.9. The third kappa shape index (κ3) is 5.40. The highest BCUT2D eigenvalue weighted by Crippen LogP contribution is 2.16. The van der Waals surface area contributed by atoms with Crippen LogP contribution in [0.2, 0.25) is 0 Å². The fraction of sp³-hybridized carbons (Fsp3) is 1.00. The van der Waals surface area contributed by atoms with Gasteiger partial charge in [-0.1, -0.05) is 27.2 Å². The molecule has 4 nitrogen and oxygen atoms in total. The third-order valence-corrected chi connectivity index (χ3v) is 5.99. The maximum atomic E-state index is 12.0. The zero-order valence-electron chi connectivity index (χ0n) is 12.7. The van der Waals surface area contributed by atoms with Gasteiger partial charge in [-0.3, -0.25) is 0 Å². The number of sulfonamides is 1. The summed E-state index contributed by atoms with van der Waals surface area (Å²) in [6, 6.07) is 1.08. The smallest absolute Gasteiger partial charge is 0.214 e. The van der Waals surface area contributed by atoms with E-state index in [0.29, 0.717) is 37.3 Å². The van der Waals surface area contributed by atoms with Gasteiger partial charge >= 0.3 is 0 Å². The van der Waals surface area contributed by atoms with Crippen molar-refractivity contribution in [1.29, 1.82) is 0 Å². The average molecular weight is 290 g/mol. The lowest BCUT2D eigenvalue weighted by molar-refractivity contribution is 0.266. The summed E-state index contributed by atoms with van der Waals surface area (Å²) in [7, 11) is -3.00. The molecule has 1 aliphatic rings. The van der Waals surface area contributed by atoms with Crippen LogP contribution in [0.1, 0.15) is 59.3 Å². The molecule has 5 heteroatoms. The molecule has 1 fully saturated rings.